The first-order valence-corrected chi connectivity index (χ1v) is 5.17. The highest BCUT2D eigenvalue weighted by atomic mass is 16.4. The molecule has 0 saturated heterocycles. The van der Waals surface area contributed by atoms with Gasteiger partial charge in [0, 0.05) is 13.6 Å². The van der Waals surface area contributed by atoms with E-state index in [-0.39, 0.29) is 18.9 Å². The van der Waals surface area contributed by atoms with Crippen LogP contribution in [0.25, 0.3) is 0 Å². The number of carbonyl (C=O) groups is 2. The molecule has 0 rings (SSSR count). The monoisotopic (exact) mass is 239 g/mol. The fraction of sp³-hybridized carbons (Fsp3) is 0.545. The molecule has 0 heterocycles. The molecule has 94 valence electrons. The third-order valence-corrected chi connectivity index (χ3v) is 2.11. The number of nitriles is 1. The Morgan fingerprint density at radius 2 is 2.24 bits per heavy atom. The summed E-state index contributed by atoms with van der Waals surface area (Å²) in [6, 6.07) is 0.499. The van der Waals surface area contributed by atoms with Crippen molar-refractivity contribution in [2.45, 2.75) is 19.4 Å². The van der Waals surface area contributed by atoms with Gasteiger partial charge in [-0.05, 0) is 13.3 Å². The normalized spacial score (nSPS) is 13.0. The molecule has 6 nitrogen and oxygen atoms in total. The molecule has 0 aliphatic heterocycles. The number of urea groups is 1. The van der Waals surface area contributed by atoms with Crippen molar-refractivity contribution >= 4 is 12.0 Å². The highest BCUT2D eigenvalue weighted by molar-refractivity contribution is 5.82. The Bertz CT molecular complexity index is 335. The third kappa shape index (κ3) is 5.56. The maximum Gasteiger partial charge on any atom is 0.326 e. The number of aliphatic carboxylic acids is 1. The molecule has 0 aliphatic rings. The van der Waals surface area contributed by atoms with Crippen LogP contribution in [0.5, 0.6) is 0 Å². The Hall–Kier alpha value is -2.03. The lowest BCUT2D eigenvalue weighted by molar-refractivity contribution is -0.139. The van der Waals surface area contributed by atoms with Gasteiger partial charge in [-0.15, -0.1) is 6.58 Å². The summed E-state index contributed by atoms with van der Waals surface area (Å²) < 4.78 is 0. The Morgan fingerprint density at radius 1 is 1.65 bits per heavy atom. The number of rotatable bonds is 6. The molecule has 2 atom stereocenters. The molecular weight excluding hydrogens is 222 g/mol. The number of nitrogens with one attached hydrogen (secondary N) is 1. The maximum absolute atomic E-state index is 11.6. The summed E-state index contributed by atoms with van der Waals surface area (Å²) in [7, 11) is 1.51. The Labute approximate surface area is 101 Å². The summed E-state index contributed by atoms with van der Waals surface area (Å²) in [4.78, 5) is 23.7. The first kappa shape index (κ1) is 15.0. The molecule has 0 saturated carbocycles. The van der Waals surface area contributed by atoms with E-state index in [1.807, 2.05) is 6.07 Å². The van der Waals surface area contributed by atoms with Gasteiger partial charge in [0.1, 0.15) is 6.04 Å². The van der Waals surface area contributed by atoms with Gasteiger partial charge in [-0.2, -0.15) is 5.26 Å². The summed E-state index contributed by atoms with van der Waals surface area (Å²) >= 11 is 0. The van der Waals surface area contributed by atoms with Gasteiger partial charge in [0.15, 0.2) is 0 Å². The summed E-state index contributed by atoms with van der Waals surface area (Å²) in [5.74, 6) is -1.41. The van der Waals surface area contributed by atoms with E-state index in [1.165, 1.54) is 18.0 Å². The summed E-state index contributed by atoms with van der Waals surface area (Å²) in [5.41, 5.74) is 0. The van der Waals surface area contributed by atoms with Gasteiger partial charge < -0.3 is 15.3 Å². The summed E-state index contributed by atoms with van der Waals surface area (Å²) in [6.07, 6.45) is 1.58. The van der Waals surface area contributed by atoms with E-state index in [0.717, 1.165) is 0 Å². The van der Waals surface area contributed by atoms with E-state index in [0.29, 0.717) is 0 Å². The zero-order valence-corrected chi connectivity index (χ0v) is 10.0. The van der Waals surface area contributed by atoms with Crippen LogP contribution in [0.1, 0.15) is 13.3 Å². The Morgan fingerprint density at radius 3 is 2.65 bits per heavy atom. The standard InChI is InChI=1S/C11H17N3O3/c1-4-5-9(10(15)16)13-11(17)14(3)7-8(2)6-12/h4,8-9H,1,5,7H2,2-3H3,(H,13,17)(H,15,16). The molecule has 0 fully saturated rings. The fourth-order valence-electron chi connectivity index (χ4n) is 1.18. The molecule has 0 aliphatic carbocycles. The lowest BCUT2D eigenvalue weighted by Gasteiger charge is -2.21. The minimum atomic E-state index is -1.11. The summed E-state index contributed by atoms with van der Waals surface area (Å²) in [5, 5.41) is 19.8. The second-order valence-corrected chi connectivity index (χ2v) is 3.78. The largest absolute Gasteiger partial charge is 0.480 e. The van der Waals surface area contributed by atoms with Gasteiger partial charge in [-0.1, -0.05) is 6.08 Å². The number of carboxylic acid groups (broad SMARTS) is 1. The quantitative estimate of drug-likeness (QED) is 0.671. The van der Waals surface area contributed by atoms with Gasteiger partial charge in [0.05, 0.1) is 12.0 Å². The predicted octanol–water partition coefficient (Wildman–Crippen LogP) is 0.817. The molecule has 17 heavy (non-hydrogen) atoms. The van der Waals surface area contributed by atoms with Crippen LogP contribution < -0.4 is 5.32 Å². The van der Waals surface area contributed by atoms with Crippen LogP contribution in [0.15, 0.2) is 12.7 Å². The second-order valence-electron chi connectivity index (χ2n) is 3.78. The number of amides is 2. The fourth-order valence-corrected chi connectivity index (χ4v) is 1.18. The number of carbonyl (C=O) groups excluding carboxylic acids is 1. The average molecular weight is 239 g/mol. The number of hydrogen-bond acceptors (Lipinski definition) is 3. The maximum atomic E-state index is 11.6. The minimum Gasteiger partial charge on any atom is -0.480 e. The smallest absolute Gasteiger partial charge is 0.326 e. The average Bonchev–Trinajstić information content (AvgIpc) is 2.27. The van der Waals surface area contributed by atoms with Crippen molar-refractivity contribution in [3.05, 3.63) is 12.7 Å². The number of nitrogens with zero attached hydrogens (tertiary/aromatic N) is 2. The van der Waals surface area contributed by atoms with Crippen LogP contribution in [0.4, 0.5) is 4.79 Å². The zero-order chi connectivity index (χ0) is 13.4. The molecule has 0 aromatic carbocycles. The minimum absolute atomic E-state index is 0.155. The van der Waals surface area contributed by atoms with Gasteiger partial charge >= 0.3 is 12.0 Å². The van der Waals surface area contributed by atoms with E-state index >= 15 is 0 Å². The Balaban J connectivity index is 4.35. The number of hydrogen-bond donors (Lipinski definition) is 2. The topological polar surface area (TPSA) is 93.4 Å². The van der Waals surface area contributed by atoms with E-state index < -0.39 is 18.0 Å². The van der Waals surface area contributed by atoms with Crippen LogP contribution in [0, 0.1) is 17.2 Å². The molecule has 2 N–H and O–H groups in total. The molecule has 0 spiro atoms. The van der Waals surface area contributed by atoms with Gasteiger partial charge in [-0.25, -0.2) is 9.59 Å². The lowest BCUT2D eigenvalue weighted by Crippen LogP contribution is -2.47. The molecule has 0 radical (unpaired) electrons. The molecule has 6 heteroatoms. The van der Waals surface area contributed by atoms with E-state index in [9.17, 15) is 9.59 Å². The van der Waals surface area contributed by atoms with Crippen LogP contribution >= 0.6 is 0 Å². The number of carboxylic acids is 1. The van der Waals surface area contributed by atoms with Crippen molar-refractivity contribution < 1.29 is 14.7 Å². The molecule has 0 aromatic rings. The van der Waals surface area contributed by atoms with Crippen molar-refractivity contribution in [3.63, 3.8) is 0 Å². The molecular formula is C11H17N3O3. The van der Waals surface area contributed by atoms with Crippen molar-refractivity contribution in [2.24, 2.45) is 5.92 Å². The van der Waals surface area contributed by atoms with E-state index in [1.54, 1.807) is 6.92 Å². The van der Waals surface area contributed by atoms with E-state index in [2.05, 4.69) is 11.9 Å². The van der Waals surface area contributed by atoms with Gasteiger partial charge in [0.2, 0.25) is 0 Å². The zero-order valence-electron chi connectivity index (χ0n) is 10.0. The molecule has 0 bridgehead atoms. The Kier molecular flexibility index (Phi) is 6.41. The molecule has 2 unspecified atom stereocenters. The van der Waals surface area contributed by atoms with Gasteiger partial charge in [0.25, 0.3) is 0 Å². The van der Waals surface area contributed by atoms with Crippen LogP contribution in [0.3, 0.4) is 0 Å². The van der Waals surface area contributed by atoms with Crippen molar-refractivity contribution in [2.75, 3.05) is 13.6 Å². The van der Waals surface area contributed by atoms with Crippen LogP contribution in [0.2, 0.25) is 0 Å². The lowest BCUT2D eigenvalue weighted by atomic mass is 10.2. The second kappa shape index (κ2) is 7.28. The highest BCUT2D eigenvalue weighted by Crippen LogP contribution is 1.99. The predicted molar refractivity (Wildman–Crippen MR) is 62.2 cm³/mol. The van der Waals surface area contributed by atoms with Crippen molar-refractivity contribution in [1.82, 2.24) is 10.2 Å². The van der Waals surface area contributed by atoms with Crippen LogP contribution in [-0.2, 0) is 4.79 Å². The van der Waals surface area contributed by atoms with Crippen molar-refractivity contribution in [3.8, 4) is 6.07 Å². The molecule has 0 aromatic heterocycles. The summed E-state index contributed by atoms with van der Waals surface area (Å²) in [6.45, 7) is 5.36. The van der Waals surface area contributed by atoms with E-state index in [4.69, 9.17) is 10.4 Å². The first-order chi connectivity index (χ1) is 7.92. The SMILES string of the molecule is C=CCC(NC(=O)N(C)CC(C)C#N)C(=O)O. The van der Waals surface area contributed by atoms with Crippen molar-refractivity contribution in [1.29, 1.82) is 5.26 Å². The van der Waals surface area contributed by atoms with Crippen LogP contribution in [-0.4, -0.2) is 41.6 Å². The highest BCUT2D eigenvalue weighted by Gasteiger charge is 2.20. The third-order valence-electron chi connectivity index (χ3n) is 2.11. The van der Waals surface area contributed by atoms with Gasteiger partial charge in [-0.3, -0.25) is 0 Å². The first-order valence-electron chi connectivity index (χ1n) is 5.17. The molecule has 2 amide bonds.